The van der Waals surface area contributed by atoms with E-state index in [0.29, 0.717) is 21.3 Å². The van der Waals surface area contributed by atoms with Crippen molar-refractivity contribution in [1.29, 1.82) is 0 Å². The van der Waals surface area contributed by atoms with Crippen molar-refractivity contribution in [2.45, 2.75) is 6.92 Å². The number of nitrogens with zero attached hydrogens (tertiary/aromatic N) is 3. The summed E-state index contributed by atoms with van der Waals surface area (Å²) >= 11 is 12.0. The number of hydrogen-bond donors (Lipinski definition) is 0. The molecule has 1 aliphatic rings. The number of amides is 3. The van der Waals surface area contributed by atoms with Gasteiger partial charge in [-0.2, -0.15) is 10.0 Å². The topological polar surface area (TPSA) is 88.5 Å². The van der Waals surface area contributed by atoms with Crippen LogP contribution >= 0.6 is 23.2 Å². The molecular formula is C26H21Cl2N3O5. The van der Waals surface area contributed by atoms with E-state index in [9.17, 15) is 14.4 Å². The Labute approximate surface area is 217 Å². The SMILES string of the molecule is COC(=O)C1(C)CN(C(=O)N(C(=O)Oc2ccccc2)c2ccc(Cl)cc2)N=C1c1ccc(Cl)cc1. The number of rotatable bonds is 4. The van der Waals surface area contributed by atoms with Gasteiger partial charge >= 0.3 is 18.1 Å². The Balaban J connectivity index is 1.73. The van der Waals surface area contributed by atoms with Gasteiger partial charge in [0.25, 0.3) is 0 Å². The summed E-state index contributed by atoms with van der Waals surface area (Å²) < 4.78 is 10.5. The summed E-state index contributed by atoms with van der Waals surface area (Å²) in [5.41, 5.74) is -0.215. The standard InChI is InChI=1S/C26H21Cl2N3O5/c1-26(23(32)35-2)16-30(29-22(26)17-8-10-18(27)11-9-17)24(33)31(20-14-12-19(28)13-15-20)25(34)36-21-6-4-3-5-7-21/h3-15H,16H2,1-2H3. The van der Waals surface area contributed by atoms with E-state index in [2.05, 4.69) is 5.10 Å². The molecule has 1 atom stereocenters. The summed E-state index contributed by atoms with van der Waals surface area (Å²) in [4.78, 5) is 40.6. The normalized spacial score (nSPS) is 16.8. The van der Waals surface area contributed by atoms with Crippen molar-refractivity contribution in [1.82, 2.24) is 5.01 Å². The quantitative estimate of drug-likeness (QED) is 0.388. The molecule has 0 radical (unpaired) electrons. The third kappa shape index (κ3) is 5.05. The van der Waals surface area contributed by atoms with Gasteiger partial charge in [0.15, 0.2) is 0 Å². The van der Waals surface area contributed by atoms with Crippen LogP contribution in [0.1, 0.15) is 12.5 Å². The highest BCUT2D eigenvalue weighted by Gasteiger charge is 2.49. The third-order valence-corrected chi connectivity index (χ3v) is 6.09. The Morgan fingerprint density at radius 1 is 0.917 bits per heavy atom. The molecule has 0 N–H and O–H groups in total. The van der Waals surface area contributed by atoms with E-state index in [1.54, 1.807) is 61.5 Å². The van der Waals surface area contributed by atoms with Crippen molar-refractivity contribution in [2.75, 3.05) is 18.6 Å². The summed E-state index contributed by atoms with van der Waals surface area (Å²) in [7, 11) is 1.26. The number of halogens is 2. The first-order valence-electron chi connectivity index (χ1n) is 10.8. The lowest BCUT2D eigenvalue weighted by Crippen LogP contribution is -2.48. The Morgan fingerprint density at radius 2 is 1.50 bits per heavy atom. The smallest absolute Gasteiger partial charge is 0.428 e. The van der Waals surface area contributed by atoms with Gasteiger partial charge in [-0.1, -0.05) is 53.5 Å². The van der Waals surface area contributed by atoms with Crippen LogP contribution in [0.15, 0.2) is 84.0 Å². The van der Waals surface area contributed by atoms with Gasteiger partial charge in [0.1, 0.15) is 11.2 Å². The molecule has 1 unspecified atom stereocenters. The molecule has 8 nitrogen and oxygen atoms in total. The molecule has 1 heterocycles. The zero-order chi connectivity index (χ0) is 25.9. The van der Waals surface area contributed by atoms with Crippen LogP contribution in [0.5, 0.6) is 5.75 Å². The number of ether oxygens (including phenoxy) is 2. The number of carbonyl (C=O) groups is 3. The largest absolute Gasteiger partial charge is 0.468 e. The molecule has 1 aliphatic heterocycles. The Kier molecular flexibility index (Phi) is 7.28. The molecule has 3 aromatic rings. The minimum atomic E-state index is -1.30. The van der Waals surface area contributed by atoms with E-state index in [1.807, 2.05) is 0 Å². The highest BCUT2D eigenvalue weighted by molar-refractivity contribution is 6.31. The molecule has 0 aromatic heterocycles. The summed E-state index contributed by atoms with van der Waals surface area (Å²) in [5, 5.41) is 6.41. The number of hydrazone groups is 1. The molecule has 3 amide bonds. The van der Waals surface area contributed by atoms with E-state index < -0.39 is 23.5 Å². The number of imide groups is 1. The van der Waals surface area contributed by atoms with Gasteiger partial charge < -0.3 is 9.47 Å². The maximum Gasteiger partial charge on any atom is 0.428 e. The third-order valence-electron chi connectivity index (χ3n) is 5.59. The highest BCUT2D eigenvalue weighted by Crippen LogP contribution is 2.34. The first-order chi connectivity index (χ1) is 17.2. The zero-order valence-corrected chi connectivity index (χ0v) is 20.9. The van der Waals surface area contributed by atoms with Gasteiger partial charge in [0.2, 0.25) is 0 Å². The molecule has 10 heteroatoms. The van der Waals surface area contributed by atoms with Crippen LogP contribution in [0.2, 0.25) is 10.0 Å². The van der Waals surface area contributed by atoms with Gasteiger partial charge in [0.05, 0.1) is 25.1 Å². The fraction of sp³-hybridized carbons (Fsp3) is 0.154. The average Bonchev–Trinajstić information content (AvgIpc) is 3.24. The van der Waals surface area contributed by atoms with Crippen molar-refractivity contribution in [3.05, 3.63) is 94.5 Å². The number of urea groups is 1. The van der Waals surface area contributed by atoms with Crippen LogP contribution in [0.25, 0.3) is 0 Å². The van der Waals surface area contributed by atoms with Crippen molar-refractivity contribution in [3.63, 3.8) is 0 Å². The number of para-hydroxylation sites is 1. The minimum absolute atomic E-state index is 0.167. The second kappa shape index (κ2) is 10.4. The maximum atomic E-state index is 13.7. The van der Waals surface area contributed by atoms with Crippen LogP contribution in [-0.2, 0) is 9.53 Å². The molecular weight excluding hydrogens is 505 g/mol. The number of esters is 1. The zero-order valence-electron chi connectivity index (χ0n) is 19.4. The Morgan fingerprint density at radius 3 is 2.08 bits per heavy atom. The summed E-state index contributed by atoms with van der Waals surface area (Å²) in [6, 6.07) is 20.3. The number of methoxy groups -OCH3 is 1. The first kappa shape index (κ1) is 25.2. The van der Waals surface area contributed by atoms with Gasteiger partial charge in [-0.05, 0) is 61.0 Å². The fourth-order valence-electron chi connectivity index (χ4n) is 3.76. The molecule has 0 bridgehead atoms. The lowest BCUT2D eigenvalue weighted by atomic mass is 9.82. The van der Waals surface area contributed by atoms with Crippen LogP contribution in [0.3, 0.4) is 0 Å². The monoisotopic (exact) mass is 525 g/mol. The van der Waals surface area contributed by atoms with Gasteiger partial charge in [-0.15, -0.1) is 0 Å². The molecule has 0 fully saturated rings. The molecule has 0 aliphatic carbocycles. The molecule has 4 rings (SSSR count). The van der Waals surface area contributed by atoms with Gasteiger partial charge in [0, 0.05) is 10.0 Å². The number of benzene rings is 3. The van der Waals surface area contributed by atoms with Crippen LogP contribution in [0, 0.1) is 5.41 Å². The van der Waals surface area contributed by atoms with Crippen LogP contribution in [-0.4, -0.2) is 42.5 Å². The Bertz CT molecular complexity index is 1310. The van der Waals surface area contributed by atoms with Crippen molar-refractivity contribution < 1.29 is 23.9 Å². The van der Waals surface area contributed by atoms with Gasteiger partial charge in [-0.25, -0.2) is 14.6 Å². The van der Waals surface area contributed by atoms with E-state index >= 15 is 0 Å². The van der Waals surface area contributed by atoms with Crippen LogP contribution in [0.4, 0.5) is 15.3 Å². The molecule has 3 aromatic carbocycles. The van der Waals surface area contributed by atoms with Crippen LogP contribution < -0.4 is 9.64 Å². The van der Waals surface area contributed by atoms with E-state index in [1.165, 1.54) is 31.4 Å². The molecule has 36 heavy (non-hydrogen) atoms. The Hall–Kier alpha value is -3.88. The predicted octanol–water partition coefficient (Wildman–Crippen LogP) is 6.02. The number of carbonyl (C=O) groups excluding carboxylic acids is 3. The second-order valence-corrected chi connectivity index (χ2v) is 8.99. The summed E-state index contributed by atoms with van der Waals surface area (Å²) in [5.74, 6) is -0.336. The minimum Gasteiger partial charge on any atom is -0.468 e. The maximum absolute atomic E-state index is 13.7. The molecule has 0 saturated carbocycles. The van der Waals surface area contributed by atoms with Gasteiger partial charge in [-0.3, -0.25) is 4.79 Å². The first-order valence-corrected chi connectivity index (χ1v) is 11.6. The van der Waals surface area contributed by atoms with Crippen molar-refractivity contribution >= 4 is 52.7 Å². The highest BCUT2D eigenvalue weighted by atomic mass is 35.5. The van der Waals surface area contributed by atoms with E-state index in [-0.39, 0.29) is 18.0 Å². The van der Waals surface area contributed by atoms with Crippen molar-refractivity contribution in [2.24, 2.45) is 10.5 Å². The fourth-order valence-corrected chi connectivity index (χ4v) is 4.01. The average molecular weight is 526 g/mol. The van der Waals surface area contributed by atoms with E-state index in [4.69, 9.17) is 32.7 Å². The lowest BCUT2D eigenvalue weighted by Gasteiger charge is -2.26. The molecule has 184 valence electrons. The summed E-state index contributed by atoms with van der Waals surface area (Å²) in [6.45, 7) is 1.45. The number of anilines is 1. The predicted molar refractivity (Wildman–Crippen MR) is 137 cm³/mol. The molecule has 0 saturated heterocycles. The van der Waals surface area contributed by atoms with Crippen molar-refractivity contribution in [3.8, 4) is 5.75 Å². The second-order valence-electron chi connectivity index (χ2n) is 8.11. The lowest BCUT2D eigenvalue weighted by molar-refractivity contribution is -0.147. The molecule has 0 spiro atoms. The summed E-state index contributed by atoms with van der Waals surface area (Å²) in [6.07, 6.45) is -0.955. The number of hydrogen-bond acceptors (Lipinski definition) is 6. The van der Waals surface area contributed by atoms with E-state index in [0.717, 1.165) is 9.91 Å².